The van der Waals surface area contributed by atoms with Crippen molar-refractivity contribution in [2.75, 3.05) is 11.1 Å². The Morgan fingerprint density at radius 2 is 1.82 bits per heavy atom. The first kappa shape index (κ1) is 24.8. The van der Waals surface area contributed by atoms with Crippen molar-refractivity contribution in [2.45, 2.75) is 33.2 Å². The molecular weight excluding hydrogens is 480 g/mol. The zero-order valence-electron chi connectivity index (χ0n) is 21.6. The average Bonchev–Trinajstić information content (AvgIpc) is 3.31. The number of hydrogen-bond donors (Lipinski definition) is 2. The Balaban J connectivity index is 1.67. The van der Waals surface area contributed by atoms with Crippen LogP contribution in [0.4, 0.5) is 11.8 Å². The molecule has 0 saturated carbocycles. The van der Waals surface area contributed by atoms with Crippen LogP contribution < -0.4 is 16.6 Å². The van der Waals surface area contributed by atoms with E-state index in [4.69, 9.17) is 10.7 Å². The van der Waals surface area contributed by atoms with E-state index in [1.54, 1.807) is 22.4 Å². The third-order valence-electron chi connectivity index (χ3n) is 6.38. The van der Waals surface area contributed by atoms with Crippen LogP contribution in [0, 0.1) is 13.8 Å². The van der Waals surface area contributed by atoms with Gasteiger partial charge in [-0.05, 0) is 66.6 Å². The maximum atomic E-state index is 13.9. The molecule has 5 rings (SSSR count). The summed E-state index contributed by atoms with van der Waals surface area (Å²) >= 11 is 0. The highest BCUT2D eigenvalue weighted by Gasteiger charge is 2.22. The molecule has 3 aromatic heterocycles. The second-order valence-electron chi connectivity index (χ2n) is 8.94. The second kappa shape index (κ2) is 10.2. The summed E-state index contributed by atoms with van der Waals surface area (Å²) in [5.41, 5.74) is 9.59. The standard InChI is InChI=1S/C27H28N10O/c1-5-20(30-24-19(17(3)29-27(28)32-24)14-15-22-33-34-35-36(22)4)25-31-21-13-9-10-16(2)23(21)26(38)37(25)18-11-7-6-8-12-18/h6-15,20H,5H2,1-4H3,(H3,28,29,30,32)/b15-14+. The Morgan fingerprint density at radius 1 is 1.03 bits per heavy atom. The maximum Gasteiger partial charge on any atom is 0.266 e. The molecule has 0 spiro atoms. The smallest absolute Gasteiger partial charge is 0.266 e. The molecule has 0 bridgehead atoms. The normalized spacial score (nSPS) is 12.3. The van der Waals surface area contributed by atoms with Crippen molar-refractivity contribution in [2.24, 2.45) is 7.05 Å². The number of hydrogen-bond acceptors (Lipinski definition) is 9. The van der Waals surface area contributed by atoms with Crippen LogP contribution in [0.25, 0.3) is 28.7 Å². The van der Waals surface area contributed by atoms with Crippen molar-refractivity contribution in [3.8, 4) is 5.69 Å². The predicted octanol–water partition coefficient (Wildman–Crippen LogP) is 3.63. The number of nitrogens with two attached hydrogens (primary N) is 1. The fraction of sp³-hybridized carbons (Fsp3) is 0.222. The molecule has 38 heavy (non-hydrogen) atoms. The molecule has 5 aromatic rings. The fourth-order valence-corrected chi connectivity index (χ4v) is 4.44. The average molecular weight is 509 g/mol. The van der Waals surface area contributed by atoms with Crippen LogP contribution in [0.2, 0.25) is 0 Å². The first-order valence-electron chi connectivity index (χ1n) is 12.3. The van der Waals surface area contributed by atoms with Gasteiger partial charge < -0.3 is 11.1 Å². The lowest BCUT2D eigenvalue weighted by Gasteiger charge is -2.23. The number of anilines is 2. The minimum Gasteiger partial charge on any atom is -0.368 e. The van der Waals surface area contributed by atoms with Gasteiger partial charge in [0, 0.05) is 12.6 Å². The van der Waals surface area contributed by atoms with E-state index in [0.29, 0.717) is 40.5 Å². The number of nitrogens with one attached hydrogen (secondary N) is 1. The van der Waals surface area contributed by atoms with Crippen LogP contribution >= 0.6 is 0 Å². The minimum atomic E-state index is -0.370. The number of nitrogen functional groups attached to an aromatic ring is 1. The van der Waals surface area contributed by atoms with Gasteiger partial charge in [-0.2, -0.15) is 4.98 Å². The van der Waals surface area contributed by atoms with Crippen LogP contribution in [-0.2, 0) is 7.05 Å². The minimum absolute atomic E-state index is 0.122. The van der Waals surface area contributed by atoms with Gasteiger partial charge in [0.25, 0.3) is 5.56 Å². The van der Waals surface area contributed by atoms with Crippen molar-refractivity contribution in [1.82, 2.24) is 39.7 Å². The summed E-state index contributed by atoms with van der Waals surface area (Å²) in [5, 5.41) is 15.6. The number of aryl methyl sites for hydroxylation is 3. The van der Waals surface area contributed by atoms with Gasteiger partial charge in [-0.25, -0.2) is 14.6 Å². The Bertz CT molecular complexity index is 1710. The molecule has 0 saturated heterocycles. The van der Waals surface area contributed by atoms with E-state index in [1.165, 1.54) is 0 Å². The summed E-state index contributed by atoms with van der Waals surface area (Å²) in [5.74, 6) is 1.80. The zero-order chi connectivity index (χ0) is 26.8. The Morgan fingerprint density at radius 3 is 2.53 bits per heavy atom. The van der Waals surface area contributed by atoms with Crippen LogP contribution in [-0.4, -0.2) is 39.7 Å². The molecule has 0 amide bonds. The van der Waals surface area contributed by atoms with Crippen molar-refractivity contribution >= 4 is 34.8 Å². The Labute approximate surface area is 219 Å². The molecule has 1 unspecified atom stereocenters. The van der Waals surface area contributed by atoms with Gasteiger partial charge in [-0.15, -0.1) is 5.10 Å². The molecule has 1 atom stereocenters. The van der Waals surface area contributed by atoms with Crippen LogP contribution in [0.1, 0.15) is 47.9 Å². The van der Waals surface area contributed by atoms with Gasteiger partial charge in [0.15, 0.2) is 5.82 Å². The molecule has 11 nitrogen and oxygen atoms in total. The quantitative estimate of drug-likeness (QED) is 0.337. The van der Waals surface area contributed by atoms with Crippen molar-refractivity contribution < 1.29 is 0 Å². The number of para-hydroxylation sites is 1. The van der Waals surface area contributed by atoms with Crippen molar-refractivity contribution in [3.63, 3.8) is 0 Å². The topological polar surface area (TPSA) is 142 Å². The summed E-state index contributed by atoms with van der Waals surface area (Å²) in [7, 11) is 1.76. The molecule has 3 heterocycles. The number of nitrogens with zero attached hydrogens (tertiary/aromatic N) is 8. The number of benzene rings is 2. The SMILES string of the molecule is CCC(Nc1nc(N)nc(C)c1/C=C/c1nnnn1C)c1nc2cccc(C)c2c(=O)n1-c1ccccc1. The van der Waals surface area contributed by atoms with E-state index in [-0.39, 0.29) is 17.5 Å². The van der Waals surface area contributed by atoms with Gasteiger partial charge in [0.05, 0.1) is 28.3 Å². The monoisotopic (exact) mass is 508 g/mol. The third-order valence-corrected chi connectivity index (χ3v) is 6.38. The van der Waals surface area contributed by atoms with E-state index in [1.807, 2.05) is 75.4 Å². The first-order chi connectivity index (χ1) is 18.4. The lowest BCUT2D eigenvalue weighted by molar-refractivity contribution is 0.658. The Hall–Kier alpha value is -4.93. The number of rotatable bonds is 7. The lowest BCUT2D eigenvalue weighted by Crippen LogP contribution is -2.29. The number of fused-ring (bicyclic) bond motifs is 1. The number of tetrazole rings is 1. The highest BCUT2D eigenvalue weighted by Crippen LogP contribution is 2.28. The molecule has 0 aliphatic carbocycles. The highest BCUT2D eigenvalue weighted by molar-refractivity contribution is 5.81. The molecule has 0 fully saturated rings. The van der Waals surface area contributed by atoms with Crippen LogP contribution in [0.5, 0.6) is 0 Å². The highest BCUT2D eigenvalue weighted by atomic mass is 16.1. The van der Waals surface area contributed by atoms with E-state index in [0.717, 1.165) is 16.8 Å². The molecule has 0 aliphatic heterocycles. The summed E-state index contributed by atoms with van der Waals surface area (Å²) in [6, 6.07) is 14.9. The van der Waals surface area contributed by atoms with Crippen LogP contribution in [0.15, 0.2) is 53.3 Å². The zero-order valence-corrected chi connectivity index (χ0v) is 21.6. The largest absolute Gasteiger partial charge is 0.368 e. The molecule has 11 heteroatoms. The fourth-order valence-electron chi connectivity index (χ4n) is 4.44. The molecule has 2 aromatic carbocycles. The molecular formula is C27H28N10O. The molecule has 0 aliphatic rings. The van der Waals surface area contributed by atoms with Crippen molar-refractivity contribution in [3.05, 3.63) is 87.4 Å². The predicted molar refractivity (Wildman–Crippen MR) is 148 cm³/mol. The van der Waals surface area contributed by atoms with Gasteiger partial charge >= 0.3 is 0 Å². The van der Waals surface area contributed by atoms with Gasteiger partial charge in [-0.1, -0.05) is 37.3 Å². The van der Waals surface area contributed by atoms with E-state index < -0.39 is 0 Å². The summed E-state index contributed by atoms with van der Waals surface area (Å²) in [4.78, 5) is 27.7. The first-order valence-corrected chi connectivity index (χ1v) is 12.3. The molecule has 0 radical (unpaired) electrons. The second-order valence-corrected chi connectivity index (χ2v) is 8.94. The van der Waals surface area contributed by atoms with Gasteiger partial charge in [0.1, 0.15) is 11.6 Å². The molecule has 192 valence electrons. The van der Waals surface area contributed by atoms with E-state index in [9.17, 15) is 4.79 Å². The Kier molecular flexibility index (Phi) is 6.65. The van der Waals surface area contributed by atoms with E-state index in [2.05, 4.69) is 30.8 Å². The van der Waals surface area contributed by atoms with Gasteiger partial charge in [-0.3, -0.25) is 9.36 Å². The van der Waals surface area contributed by atoms with Crippen LogP contribution in [0.3, 0.4) is 0 Å². The summed E-state index contributed by atoms with van der Waals surface area (Å²) in [6.45, 7) is 5.81. The summed E-state index contributed by atoms with van der Waals surface area (Å²) in [6.07, 6.45) is 4.25. The van der Waals surface area contributed by atoms with Gasteiger partial charge in [0.2, 0.25) is 5.95 Å². The maximum absolute atomic E-state index is 13.9. The summed E-state index contributed by atoms with van der Waals surface area (Å²) < 4.78 is 3.24. The van der Waals surface area contributed by atoms with E-state index >= 15 is 0 Å². The molecule has 3 N–H and O–H groups in total. The number of aromatic nitrogens is 8. The lowest BCUT2D eigenvalue weighted by atomic mass is 10.1. The third kappa shape index (κ3) is 4.61. The van der Waals surface area contributed by atoms with Crippen molar-refractivity contribution in [1.29, 1.82) is 0 Å².